The molecule has 0 atom stereocenters. The molecule has 0 saturated heterocycles. The fourth-order valence-corrected chi connectivity index (χ4v) is 10.3. The molecule has 0 saturated carbocycles. The van der Waals surface area contributed by atoms with Crippen molar-refractivity contribution in [3.63, 3.8) is 0 Å². The molecule has 1 aromatic rings. The summed E-state index contributed by atoms with van der Waals surface area (Å²) in [4.78, 5) is 0. The highest BCUT2D eigenvalue weighted by molar-refractivity contribution is 6.82. The van der Waals surface area contributed by atoms with Gasteiger partial charge < -0.3 is 9.26 Å². The van der Waals surface area contributed by atoms with E-state index in [-0.39, 0.29) is 6.92 Å². The highest BCUT2D eigenvalue weighted by Crippen LogP contribution is 2.42. The summed E-state index contributed by atoms with van der Waals surface area (Å²) >= 11 is 0. The van der Waals surface area contributed by atoms with E-state index in [4.69, 9.17) is 0 Å². The van der Waals surface area contributed by atoms with Crippen LogP contribution in [-0.2, 0) is 0 Å². The number of hydrogen-bond acceptors (Lipinski definition) is 1. The zero-order valence-electron chi connectivity index (χ0n) is 12.9. The van der Waals surface area contributed by atoms with Crippen LogP contribution in [0.25, 0.3) is 0 Å². The molecule has 102 valence electrons. The Bertz CT molecular complexity index is 363. The van der Waals surface area contributed by atoms with Gasteiger partial charge >= 0.3 is 6.92 Å². The summed E-state index contributed by atoms with van der Waals surface area (Å²) in [5.41, 5.74) is 3.10. The van der Waals surface area contributed by atoms with Gasteiger partial charge in [-0.05, 0) is 40.5 Å². The van der Waals surface area contributed by atoms with Crippen LogP contribution >= 0.6 is 0 Å². The van der Waals surface area contributed by atoms with Crippen LogP contribution in [-0.4, -0.2) is 24.4 Å². The molecule has 0 fully saturated rings. The van der Waals surface area contributed by atoms with Crippen molar-refractivity contribution in [1.29, 1.82) is 0 Å². The topological polar surface area (TPSA) is 25.2 Å². The Hall–Kier alpha value is -0.478. The summed E-state index contributed by atoms with van der Waals surface area (Å²) in [7, 11) is -1.62. The second-order valence-corrected chi connectivity index (χ2v) is 12.1. The van der Waals surface area contributed by atoms with Gasteiger partial charge in [0.1, 0.15) is 0 Å². The molecule has 0 aliphatic rings. The highest BCUT2D eigenvalue weighted by atomic mass is 28.3. The Morgan fingerprint density at radius 2 is 1.50 bits per heavy atom. The second-order valence-electron chi connectivity index (χ2n) is 6.38. The average Bonchev–Trinajstić information content (AvgIpc) is 2.66. The SMILES string of the molecule is CB(O)c1ccn([Si](C(C)C)(C(C)C)C(C)C)c1. The Morgan fingerprint density at radius 1 is 1.06 bits per heavy atom. The molecule has 1 aromatic heterocycles. The van der Waals surface area contributed by atoms with Gasteiger partial charge in [-0.25, -0.2) is 0 Å². The number of rotatable bonds is 5. The lowest BCUT2D eigenvalue weighted by Gasteiger charge is -2.44. The maximum Gasteiger partial charge on any atom is 0.321 e. The molecule has 0 aromatic carbocycles. The van der Waals surface area contributed by atoms with Crippen molar-refractivity contribution in [2.75, 3.05) is 0 Å². The van der Waals surface area contributed by atoms with E-state index in [1.807, 2.05) is 6.82 Å². The normalized spacial score (nSPS) is 12.8. The fourth-order valence-electron chi connectivity index (χ4n) is 3.80. The number of hydrogen-bond donors (Lipinski definition) is 1. The monoisotopic (exact) mass is 265 g/mol. The van der Waals surface area contributed by atoms with Crippen molar-refractivity contribution in [3.05, 3.63) is 18.5 Å². The number of aromatic nitrogens is 1. The van der Waals surface area contributed by atoms with Crippen LogP contribution in [0.5, 0.6) is 0 Å². The van der Waals surface area contributed by atoms with Crippen LogP contribution in [0, 0.1) is 0 Å². The Balaban J connectivity index is 3.33. The summed E-state index contributed by atoms with van der Waals surface area (Å²) < 4.78 is 2.47. The van der Waals surface area contributed by atoms with Crippen molar-refractivity contribution in [2.45, 2.75) is 65.0 Å². The lowest BCUT2D eigenvalue weighted by atomic mass is 9.66. The summed E-state index contributed by atoms with van der Waals surface area (Å²) in [6, 6.07) is 2.07. The lowest BCUT2D eigenvalue weighted by molar-refractivity contribution is 0.594. The third kappa shape index (κ3) is 2.45. The van der Waals surface area contributed by atoms with Gasteiger partial charge in [0.15, 0.2) is 8.24 Å². The molecule has 0 aliphatic carbocycles. The molecule has 1 heterocycles. The third-order valence-electron chi connectivity index (χ3n) is 4.42. The molecule has 0 aliphatic heterocycles. The fraction of sp³-hybridized carbons (Fsp3) is 0.714. The van der Waals surface area contributed by atoms with E-state index >= 15 is 0 Å². The van der Waals surface area contributed by atoms with E-state index in [9.17, 15) is 5.02 Å². The number of nitrogens with zero attached hydrogens (tertiary/aromatic N) is 1. The molecule has 1 N–H and O–H groups in total. The van der Waals surface area contributed by atoms with Gasteiger partial charge in [0, 0.05) is 0 Å². The molecular weight excluding hydrogens is 237 g/mol. The van der Waals surface area contributed by atoms with Crippen LogP contribution in [0.4, 0.5) is 0 Å². The Labute approximate surface area is 114 Å². The van der Waals surface area contributed by atoms with Gasteiger partial charge in [-0.15, -0.1) is 0 Å². The van der Waals surface area contributed by atoms with Gasteiger partial charge in [-0.1, -0.05) is 48.4 Å². The molecular formula is C14H28BNOSi. The molecule has 2 nitrogen and oxygen atoms in total. The van der Waals surface area contributed by atoms with Crippen molar-refractivity contribution in [1.82, 2.24) is 4.23 Å². The first-order valence-corrected chi connectivity index (χ1v) is 9.28. The van der Waals surface area contributed by atoms with Crippen molar-refractivity contribution >= 4 is 20.6 Å². The molecule has 0 bridgehead atoms. The minimum Gasteiger partial charge on any atom is -0.446 e. The molecule has 18 heavy (non-hydrogen) atoms. The zero-order chi connectivity index (χ0) is 14.1. The Kier molecular flexibility index (Phi) is 4.90. The largest absolute Gasteiger partial charge is 0.446 e. The van der Waals surface area contributed by atoms with E-state index in [0.29, 0.717) is 16.6 Å². The zero-order valence-corrected chi connectivity index (χ0v) is 13.9. The standard InChI is InChI=1S/C14H28BNOSi/c1-11(2)18(12(3)4,13(5)6)16-9-8-14(10-16)15(7)17/h8-13,17H,1-7H3. The highest BCUT2D eigenvalue weighted by Gasteiger charge is 2.44. The quantitative estimate of drug-likeness (QED) is 0.812. The van der Waals surface area contributed by atoms with Crippen LogP contribution in [0.2, 0.25) is 23.4 Å². The smallest absolute Gasteiger partial charge is 0.321 e. The van der Waals surface area contributed by atoms with Crippen LogP contribution in [0.1, 0.15) is 41.5 Å². The van der Waals surface area contributed by atoms with Gasteiger partial charge in [0.25, 0.3) is 0 Å². The van der Waals surface area contributed by atoms with Crippen molar-refractivity contribution in [3.8, 4) is 0 Å². The van der Waals surface area contributed by atoms with Gasteiger partial charge in [-0.2, -0.15) is 0 Å². The van der Waals surface area contributed by atoms with Crippen LogP contribution in [0.15, 0.2) is 18.5 Å². The molecule has 0 radical (unpaired) electrons. The maximum absolute atomic E-state index is 9.72. The van der Waals surface area contributed by atoms with E-state index in [2.05, 4.69) is 64.2 Å². The van der Waals surface area contributed by atoms with Gasteiger partial charge in [-0.3, -0.25) is 0 Å². The lowest BCUT2D eigenvalue weighted by Crippen LogP contribution is -2.51. The minimum absolute atomic E-state index is 0.371. The molecule has 0 unspecified atom stereocenters. The summed E-state index contributed by atoms with van der Waals surface area (Å²) in [6.07, 6.45) is 4.37. The van der Waals surface area contributed by atoms with E-state index in [0.717, 1.165) is 5.46 Å². The predicted octanol–water partition coefficient (Wildman–Crippen LogP) is 3.33. The van der Waals surface area contributed by atoms with E-state index in [1.165, 1.54) is 0 Å². The molecule has 0 amide bonds. The average molecular weight is 265 g/mol. The van der Waals surface area contributed by atoms with Gasteiger partial charge in [0.2, 0.25) is 0 Å². The second kappa shape index (κ2) is 5.66. The van der Waals surface area contributed by atoms with E-state index < -0.39 is 8.24 Å². The van der Waals surface area contributed by atoms with Crippen molar-refractivity contribution < 1.29 is 5.02 Å². The maximum atomic E-state index is 9.72. The first-order chi connectivity index (χ1) is 8.24. The minimum atomic E-state index is -1.62. The Morgan fingerprint density at radius 3 is 1.78 bits per heavy atom. The van der Waals surface area contributed by atoms with Gasteiger partial charge in [0.05, 0.1) is 0 Å². The third-order valence-corrected chi connectivity index (χ3v) is 11.1. The first-order valence-electron chi connectivity index (χ1n) is 7.11. The van der Waals surface area contributed by atoms with Crippen LogP contribution < -0.4 is 5.46 Å². The van der Waals surface area contributed by atoms with E-state index in [1.54, 1.807) is 0 Å². The molecule has 4 heteroatoms. The molecule has 0 spiro atoms. The summed E-state index contributed by atoms with van der Waals surface area (Å²) in [6.45, 7) is 15.6. The summed E-state index contributed by atoms with van der Waals surface area (Å²) in [5, 5.41) is 9.72. The first kappa shape index (κ1) is 15.6. The molecule has 1 rings (SSSR count). The predicted molar refractivity (Wildman–Crippen MR) is 84.3 cm³/mol. The van der Waals surface area contributed by atoms with Crippen LogP contribution in [0.3, 0.4) is 0 Å². The summed E-state index contributed by atoms with van der Waals surface area (Å²) in [5.74, 6) is 0. The van der Waals surface area contributed by atoms with Crippen molar-refractivity contribution in [2.24, 2.45) is 0 Å².